The number of H-pyrrole nitrogens is 1. The molecule has 0 fully saturated rings. The molecule has 1 aromatic carbocycles. The van der Waals surface area contributed by atoms with Gasteiger partial charge in [-0.2, -0.15) is 5.10 Å². The van der Waals surface area contributed by atoms with Crippen LogP contribution in [0, 0.1) is 0 Å². The fraction of sp³-hybridized carbons (Fsp3) is 0.333. The van der Waals surface area contributed by atoms with Crippen LogP contribution in [0.15, 0.2) is 36.8 Å². The summed E-state index contributed by atoms with van der Waals surface area (Å²) in [6.07, 6.45) is 5.34. The minimum absolute atomic E-state index is 0.108. The number of ether oxygens (including phenoxy) is 1. The summed E-state index contributed by atoms with van der Waals surface area (Å²) in [5.41, 5.74) is 1.25. The number of hydrogen-bond acceptors (Lipinski definition) is 4. The molecule has 132 valence electrons. The van der Waals surface area contributed by atoms with Crippen molar-refractivity contribution in [3.63, 3.8) is 0 Å². The molecule has 0 saturated heterocycles. The number of carbonyl (C=O) groups excluding carboxylic acids is 1. The molecule has 1 atom stereocenters. The summed E-state index contributed by atoms with van der Waals surface area (Å²) in [4.78, 5) is 15.5. The van der Waals surface area contributed by atoms with E-state index in [4.69, 9.17) is 4.74 Å². The van der Waals surface area contributed by atoms with Crippen LogP contribution in [-0.2, 0) is 23.9 Å². The monoisotopic (exact) mass is 342 g/mol. The molecule has 0 bridgehead atoms. The number of aliphatic hydroxyl groups is 1. The van der Waals surface area contributed by atoms with Gasteiger partial charge >= 0.3 is 0 Å². The average molecular weight is 342 g/mol. The first-order chi connectivity index (χ1) is 11.9. The van der Waals surface area contributed by atoms with Crippen molar-refractivity contribution in [3.05, 3.63) is 47.9 Å². The van der Waals surface area contributed by atoms with Crippen molar-refractivity contribution in [2.75, 3.05) is 13.7 Å². The van der Waals surface area contributed by atoms with E-state index in [2.05, 4.69) is 15.4 Å². The molecule has 0 aliphatic rings. The Morgan fingerprint density at radius 1 is 1.48 bits per heavy atom. The Bertz CT molecular complexity index is 895. The number of aromatic amines is 1. The fourth-order valence-electron chi connectivity index (χ4n) is 2.84. The predicted octanol–water partition coefficient (Wildman–Crippen LogP) is 1.48. The summed E-state index contributed by atoms with van der Waals surface area (Å²) >= 11 is 0. The Balaban J connectivity index is 1.69. The molecular formula is C18H22N4O3. The number of benzene rings is 1. The van der Waals surface area contributed by atoms with Gasteiger partial charge in [0, 0.05) is 35.9 Å². The van der Waals surface area contributed by atoms with Gasteiger partial charge in [-0.15, -0.1) is 0 Å². The molecule has 1 unspecified atom stereocenters. The maximum absolute atomic E-state index is 12.3. The number of hydrogen-bond donors (Lipinski definition) is 3. The molecule has 3 rings (SSSR count). The molecule has 3 aromatic rings. The highest BCUT2D eigenvalue weighted by atomic mass is 16.5. The predicted molar refractivity (Wildman–Crippen MR) is 94.3 cm³/mol. The maximum atomic E-state index is 12.3. The zero-order valence-corrected chi connectivity index (χ0v) is 14.5. The van der Waals surface area contributed by atoms with Gasteiger partial charge in [-0.1, -0.05) is 6.07 Å². The van der Waals surface area contributed by atoms with Crippen LogP contribution >= 0.6 is 0 Å². The van der Waals surface area contributed by atoms with Crippen LogP contribution in [0.1, 0.15) is 18.1 Å². The average Bonchev–Trinajstić information content (AvgIpc) is 3.20. The van der Waals surface area contributed by atoms with E-state index in [-0.39, 0.29) is 18.9 Å². The van der Waals surface area contributed by atoms with Crippen LogP contribution in [0.25, 0.3) is 10.9 Å². The first-order valence-electron chi connectivity index (χ1n) is 8.02. The lowest BCUT2D eigenvalue weighted by Crippen LogP contribution is -2.39. The van der Waals surface area contributed by atoms with Crippen LogP contribution < -0.4 is 10.1 Å². The molecule has 3 N–H and O–H groups in total. The summed E-state index contributed by atoms with van der Waals surface area (Å²) in [7, 11) is 3.39. The second-order valence-corrected chi connectivity index (χ2v) is 6.33. The van der Waals surface area contributed by atoms with Gasteiger partial charge in [-0.05, 0) is 24.6 Å². The molecule has 2 aromatic heterocycles. The molecule has 0 aliphatic carbocycles. The van der Waals surface area contributed by atoms with E-state index >= 15 is 0 Å². The van der Waals surface area contributed by atoms with Crippen molar-refractivity contribution in [1.29, 1.82) is 0 Å². The first kappa shape index (κ1) is 17.0. The number of methoxy groups -OCH3 is 1. The molecule has 2 heterocycles. The lowest BCUT2D eigenvalue weighted by Gasteiger charge is -2.22. The van der Waals surface area contributed by atoms with Gasteiger partial charge in [0.05, 0.1) is 26.3 Å². The molecule has 7 heteroatoms. The Morgan fingerprint density at radius 2 is 2.28 bits per heavy atom. The van der Waals surface area contributed by atoms with E-state index in [9.17, 15) is 9.90 Å². The highest BCUT2D eigenvalue weighted by molar-refractivity contribution is 5.93. The van der Waals surface area contributed by atoms with Gasteiger partial charge in [0.1, 0.15) is 11.4 Å². The summed E-state index contributed by atoms with van der Waals surface area (Å²) in [5, 5.41) is 18.3. The molecule has 0 spiro atoms. The SMILES string of the molecule is COc1cccc2[nH]cc(CC(=O)NCC(C)(O)c3cnn(C)c3)c12. The smallest absolute Gasteiger partial charge is 0.224 e. The normalized spacial score (nSPS) is 13.6. The number of nitrogens with zero attached hydrogens (tertiary/aromatic N) is 2. The highest BCUT2D eigenvalue weighted by Crippen LogP contribution is 2.28. The number of fused-ring (bicyclic) bond motifs is 1. The summed E-state index contributed by atoms with van der Waals surface area (Å²) in [6, 6.07) is 5.70. The summed E-state index contributed by atoms with van der Waals surface area (Å²) in [6.45, 7) is 1.76. The zero-order valence-electron chi connectivity index (χ0n) is 14.5. The number of aryl methyl sites for hydroxylation is 1. The van der Waals surface area contributed by atoms with Crippen LogP contribution in [0.5, 0.6) is 5.75 Å². The number of amides is 1. The summed E-state index contributed by atoms with van der Waals surface area (Å²) in [5.74, 6) is 0.555. The molecular weight excluding hydrogens is 320 g/mol. The second kappa shape index (κ2) is 6.60. The molecule has 7 nitrogen and oxygen atoms in total. The van der Waals surface area contributed by atoms with Crippen molar-refractivity contribution in [2.24, 2.45) is 7.05 Å². The molecule has 1 amide bonds. The standard InChI is InChI=1S/C18H22N4O3/c1-18(24,13-9-21-22(2)10-13)11-20-16(23)7-12-8-19-14-5-4-6-15(25-3)17(12)14/h4-6,8-10,19,24H,7,11H2,1-3H3,(H,20,23). The summed E-state index contributed by atoms with van der Waals surface area (Å²) < 4.78 is 7.00. The third-order valence-corrected chi connectivity index (χ3v) is 4.28. The zero-order chi connectivity index (χ0) is 18.0. The van der Waals surface area contributed by atoms with Crippen LogP contribution in [-0.4, -0.2) is 39.4 Å². The largest absolute Gasteiger partial charge is 0.496 e. The molecule has 0 saturated carbocycles. The lowest BCUT2D eigenvalue weighted by molar-refractivity contribution is -0.121. The fourth-order valence-corrected chi connectivity index (χ4v) is 2.84. The van der Waals surface area contributed by atoms with Crippen LogP contribution in [0.4, 0.5) is 0 Å². The van der Waals surface area contributed by atoms with Gasteiger partial charge in [-0.3, -0.25) is 9.48 Å². The van der Waals surface area contributed by atoms with E-state index in [0.717, 1.165) is 22.2 Å². The minimum atomic E-state index is -1.18. The second-order valence-electron chi connectivity index (χ2n) is 6.33. The highest BCUT2D eigenvalue weighted by Gasteiger charge is 2.25. The molecule has 0 radical (unpaired) electrons. The van der Waals surface area contributed by atoms with Gasteiger partial charge in [0.2, 0.25) is 5.91 Å². The third-order valence-electron chi connectivity index (χ3n) is 4.28. The Hall–Kier alpha value is -2.80. The van der Waals surface area contributed by atoms with Crippen LogP contribution in [0.2, 0.25) is 0 Å². The number of carbonyl (C=O) groups is 1. The number of aromatic nitrogens is 3. The third kappa shape index (κ3) is 3.51. The van der Waals surface area contributed by atoms with Crippen molar-refractivity contribution in [2.45, 2.75) is 18.9 Å². The molecule has 0 aliphatic heterocycles. The Kier molecular flexibility index (Phi) is 4.50. The first-order valence-corrected chi connectivity index (χ1v) is 8.02. The van der Waals surface area contributed by atoms with Gasteiger partial charge in [-0.25, -0.2) is 0 Å². The Labute approximate surface area is 145 Å². The number of nitrogens with one attached hydrogen (secondary N) is 2. The van der Waals surface area contributed by atoms with Gasteiger partial charge in [0.25, 0.3) is 0 Å². The van der Waals surface area contributed by atoms with Crippen molar-refractivity contribution < 1.29 is 14.6 Å². The van der Waals surface area contributed by atoms with E-state index in [1.54, 1.807) is 38.2 Å². The van der Waals surface area contributed by atoms with E-state index in [1.807, 2.05) is 24.4 Å². The lowest BCUT2D eigenvalue weighted by atomic mass is 9.99. The number of rotatable bonds is 6. The topological polar surface area (TPSA) is 92.2 Å². The van der Waals surface area contributed by atoms with E-state index < -0.39 is 5.60 Å². The van der Waals surface area contributed by atoms with Crippen molar-refractivity contribution in [1.82, 2.24) is 20.1 Å². The van der Waals surface area contributed by atoms with Gasteiger partial charge < -0.3 is 20.1 Å². The Morgan fingerprint density at radius 3 is 2.96 bits per heavy atom. The van der Waals surface area contributed by atoms with E-state index in [1.165, 1.54) is 0 Å². The minimum Gasteiger partial charge on any atom is -0.496 e. The van der Waals surface area contributed by atoms with Crippen LogP contribution in [0.3, 0.4) is 0 Å². The maximum Gasteiger partial charge on any atom is 0.224 e. The van der Waals surface area contributed by atoms with Crippen molar-refractivity contribution in [3.8, 4) is 5.75 Å². The van der Waals surface area contributed by atoms with Gasteiger partial charge in [0.15, 0.2) is 0 Å². The van der Waals surface area contributed by atoms with Crippen molar-refractivity contribution >= 4 is 16.8 Å². The molecule has 25 heavy (non-hydrogen) atoms. The quantitative estimate of drug-likeness (QED) is 0.633. The van der Waals surface area contributed by atoms with E-state index in [0.29, 0.717) is 5.56 Å².